The Bertz CT molecular complexity index is 443. The lowest BCUT2D eigenvalue weighted by atomic mass is 10.2. The summed E-state index contributed by atoms with van der Waals surface area (Å²) in [6, 6.07) is 4.18. The number of rotatable bonds is 4. The van der Waals surface area contributed by atoms with E-state index in [4.69, 9.17) is 17.1 Å². The number of nitrogens with one attached hydrogen (secondary N) is 1. The van der Waals surface area contributed by atoms with E-state index in [1.807, 2.05) is 0 Å². The number of hydrogen-bond acceptors (Lipinski definition) is 3. The average Bonchev–Trinajstić information content (AvgIpc) is 2.27. The maximum absolute atomic E-state index is 11.5. The van der Waals surface area contributed by atoms with Crippen molar-refractivity contribution in [3.05, 3.63) is 39.2 Å². The quantitative estimate of drug-likeness (QED) is 0.365. The summed E-state index contributed by atoms with van der Waals surface area (Å²) in [6.45, 7) is 0.360. The van der Waals surface area contributed by atoms with Gasteiger partial charge in [-0.15, -0.1) is 0 Å². The third-order valence-electron chi connectivity index (χ3n) is 1.76. The standard InChI is InChI=1S/C9H9ClN4O2/c10-6-1-2-8(15)7(5-6)9(16)12-3-4-13-14-11/h1-2,5,15H,3-4H2,(H,12,16). The zero-order valence-electron chi connectivity index (χ0n) is 8.22. The van der Waals surface area contributed by atoms with Crippen molar-refractivity contribution < 1.29 is 9.90 Å². The van der Waals surface area contributed by atoms with Gasteiger partial charge in [0.2, 0.25) is 0 Å². The van der Waals surface area contributed by atoms with E-state index in [1.165, 1.54) is 18.2 Å². The van der Waals surface area contributed by atoms with Crippen molar-refractivity contribution in [2.75, 3.05) is 13.1 Å². The van der Waals surface area contributed by atoms with Crippen LogP contribution >= 0.6 is 11.6 Å². The first-order valence-corrected chi connectivity index (χ1v) is 4.80. The van der Waals surface area contributed by atoms with Gasteiger partial charge in [-0.3, -0.25) is 4.79 Å². The topological polar surface area (TPSA) is 98.1 Å². The van der Waals surface area contributed by atoms with Gasteiger partial charge in [-0.2, -0.15) is 0 Å². The van der Waals surface area contributed by atoms with Crippen molar-refractivity contribution in [1.82, 2.24) is 5.32 Å². The third kappa shape index (κ3) is 3.34. The molecule has 0 aliphatic heterocycles. The lowest BCUT2D eigenvalue weighted by molar-refractivity contribution is 0.0952. The molecule has 0 aliphatic rings. The van der Waals surface area contributed by atoms with Crippen molar-refractivity contribution in [2.24, 2.45) is 5.11 Å². The van der Waals surface area contributed by atoms with E-state index in [-0.39, 0.29) is 24.4 Å². The molecule has 1 amide bonds. The lowest BCUT2D eigenvalue weighted by Crippen LogP contribution is -2.25. The summed E-state index contributed by atoms with van der Waals surface area (Å²) in [7, 11) is 0. The summed E-state index contributed by atoms with van der Waals surface area (Å²) in [4.78, 5) is 14.1. The van der Waals surface area contributed by atoms with Gasteiger partial charge in [-0.25, -0.2) is 0 Å². The molecular formula is C9H9ClN4O2. The highest BCUT2D eigenvalue weighted by atomic mass is 35.5. The molecule has 0 atom stereocenters. The number of amides is 1. The molecular weight excluding hydrogens is 232 g/mol. The van der Waals surface area contributed by atoms with Gasteiger partial charge < -0.3 is 10.4 Å². The van der Waals surface area contributed by atoms with Crippen LogP contribution in [0.5, 0.6) is 5.75 Å². The van der Waals surface area contributed by atoms with Crippen molar-refractivity contribution >= 4 is 17.5 Å². The Morgan fingerprint density at radius 1 is 1.62 bits per heavy atom. The van der Waals surface area contributed by atoms with Gasteiger partial charge in [0.05, 0.1) is 5.56 Å². The van der Waals surface area contributed by atoms with Gasteiger partial charge in [-0.05, 0) is 23.7 Å². The minimum absolute atomic E-state index is 0.0911. The molecule has 0 bridgehead atoms. The molecule has 0 saturated heterocycles. The van der Waals surface area contributed by atoms with Crippen LogP contribution in [-0.4, -0.2) is 24.1 Å². The fourth-order valence-electron chi connectivity index (χ4n) is 1.05. The Morgan fingerprint density at radius 2 is 2.38 bits per heavy atom. The monoisotopic (exact) mass is 240 g/mol. The Balaban J connectivity index is 2.65. The van der Waals surface area contributed by atoms with Crippen LogP contribution in [0.15, 0.2) is 23.3 Å². The second-order valence-corrected chi connectivity index (χ2v) is 3.31. The molecule has 16 heavy (non-hydrogen) atoms. The van der Waals surface area contributed by atoms with E-state index in [2.05, 4.69) is 15.3 Å². The van der Waals surface area contributed by atoms with E-state index in [0.29, 0.717) is 5.02 Å². The van der Waals surface area contributed by atoms with Gasteiger partial charge >= 0.3 is 0 Å². The second-order valence-electron chi connectivity index (χ2n) is 2.87. The van der Waals surface area contributed by atoms with Crippen molar-refractivity contribution in [1.29, 1.82) is 0 Å². The summed E-state index contributed by atoms with van der Waals surface area (Å²) < 4.78 is 0. The molecule has 0 spiro atoms. The number of halogens is 1. The molecule has 0 fully saturated rings. The Labute approximate surface area is 96.5 Å². The smallest absolute Gasteiger partial charge is 0.255 e. The van der Waals surface area contributed by atoms with Crippen molar-refractivity contribution in [3.63, 3.8) is 0 Å². The maximum Gasteiger partial charge on any atom is 0.255 e. The highest BCUT2D eigenvalue weighted by Gasteiger charge is 2.10. The first kappa shape index (κ1) is 12.2. The van der Waals surface area contributed by atoms with Gasteiger partial charge in [0.25, 0.3) is 5.91 Å². The first-order chi connectivity index (χ1) is 7.65. The zero-order chi connectivity index (χ0) is 12.0. The molecule has 84 valence electrons. The van der Waals surface area contributed by atoms with E-state index in [9.17, 15) is 9.90 Å². The molecule has 0 unspecified atom stereocenters. The molecule has 1 rings (SSSR count). The Hall–Kier alpha value is -1.91. The molecule has 0 radical (unpaired) electrons. The van der Waals surface area contributed by atoms with Crippen LogP contribution < -0.4 is 5.32 Å². The Kier molecular flexibility index (Phi) is 4.44. The van der Waals surface area contributed by atoms with Gasteiger partial charge in [0.15, 0.2) is 0 Å². The van der Waals surface area contributed by atoms with Crippen LogP contribution in [-0.2, 0) is 0 Å². The SMILES string of the molecule is [N-]=[N+]=NCCNC(=O)c1cc(Cl)ccc1O. The number of hydrogen-bond donors (Lipinski definition) is 2. The van der Waals surface area contributed by atoms with Gasteiger partial charge in [-0.1, -0.05) is 16.7 Å². The first-order valence-electron chi connectivity index (χ1n) is 4.42. The van der Waals surface area contributed by atoms with Crippen molar-refractivity contribution in [2.45, 2.75) is 0 Å². The predicted molar refractivity (Wildman–Crippen MR) is 59.5 cm³/mol. The van der Waals surface area contributed by atoms with E-state index < -0.39 is 5.91 Å². The minimum atomic E-state index is -0.465. The maximum atomic E-state index is 11.5. The number of phenols is 1. The van der Waals surface area contributed by atoms with Crippen LogP contribution in [0, 0.1) is 0 Å². The van der Waals surface area contributed by atoms with E-state index in [0.717, 1.165) is 0 Å². The lowest BCUT2D eigenvalue weighted by Gasteiger charge is -2.05. The highest BCUT2D eigenvalue weighted by molar-refractivity contribution is 6.31. The number of azide groups is 1. The molecule has 6 nitrogen and oxygen atoms in total. The summed E-state index contributed by atoms with van der Waals surface area (Å²) in [5.41, 5.74) is 8.11. The molecule has 0 saturated carbocycles. The number of benzene rings is 1. The molecule has 2 N–H and O–H groups in total. The average molecular weight is 241 g/mol. The predicted octanol–water partition coefficient (Wildman–Crippen LogP) is 2.09. The molecule has 0 heterocycles. The van der Waals surface area contributed by atoms with Crippen LogP contribution in [0.25, 0.3) is 10.4 Å². The summed E-state index contributed by atoms with van der Waals surface area (Å²) in [6.07, 6.45) is 0. The summed E-state index contributed by atoms with van der Waals surface area (Å²) in [5, 5.41) is 15.5. The molecule has 7 heteroatoms. The molecule has 1 aromatic rings. The zero-order valence-corrected chi connectivity index (χ0v) is 8.98. The fourth-order valence-corrected chi connectivity index (χ4v) is 1.22. The number of nitrogens with zero attached hydrogens (tertiary/aromatic N) is 3. The van der Waals surface area contributed by atoms with Crippen LogP contribution in [0.3, 0.4) is 0 Å². The van der Waals surface area contributed by atoms with E-state index >= 15 is 0 Å². The summed E-state index contributed by atoms with van der Waals surface area (Å²) in [5.74, 6) is -0.612. The highest BCUT2D eigenvalue weighted by Crippen LogP contribution is 2.20. The number of carbonyl (C=O) groups is 1. The Morgan fingerprint density at radius 3 is 3.06 bits per heavy atom. The number of phenolic OH excluding ortho intramolecular Hbond substituents is 1. The normalized spacial score (nSPS) is 9.31. The molecule has 0 aromatic heterocycles. The van der Waals surface area contributed by atoms with Crippen molar-refractivity contribution in [3.8, 4) is 5.75 Å². The third-order valence-corrected chi connectivity index (χ3v) is 2.00. The van der Waals surface area contributed by atoms with Gasteiger partial charge in [0, 0.05) is 23.0 Å². The van der Waals surface area contributed by atoms with Crippen LogP contribution in [0.2, 0.25) is 5.02 Å². The number of aromatic hydroxyl groups is 1. The van der Waals surface area contributed by atoms with Gasteiger partial charge in [0.1, 0.15) is 5.75 Å². The second kappa shape index (κ2) is 5.85. The number of carbonyl (C=O) groups excluding carboxylic acids is 1. The molecule has 0 aliphatic carbocycles. The molecule has 1 aromatic carbocycles. The largest absolute Gasteiger partial charge is 0.507 e. The van der Waals surface area contributed by atoms with Crippen LogP contribution in [0.4, 0.5) is 0 Å². The minimum Gasteiger partial charge on any atom is -0.507 e. The van der Waals surface area contributed by atoms with E-state index in [1.54, 1.807) is 0 Å². The van der Waals surface area contributed by atoms with Crippen LogP contribution in [0.1, 0.15) is 10.4 Å². The summed E-state index contributed by atoms with van der Waals surface area (Å²) >= 11 is 5.69. The fraction of sp³-hybridized carbons (Fsp3) is 0.222.